The fraction of sp³-hybridized carbons (Fsp3) is 0.889. The molecule has 2 rings (SSSR count). The summed E-state index contributed by atoms with van der Waals surface area (Å²) in [5.41, 5.74) is -1.33. The quantitative estimate of drug-likeness (QED) is 0.629. The van der Waals surface area contributed by atoms with Gasteiger partial charge in [-0.1, -0.05) is 6.42 Å². The predicted octanol–water partition coefficient (Wildman–Crippen LogP) is 0.832. The van der Waals surface area contributed by atoms with Gasteiger partial charge in [0.25, 0.3) is 0 Å². The molecule has 0 amide bonds. The van der Waals surface area contributed by atoms with Crippen molar-refractivity contribution in [3.63, 3.8) is 0 Å². The Morgan fingerprint density at radius 2 is 2.08 bits per heavy atom. The second kappa shape index (κ2) is 2.45. The Morgan fingerprint density at radius 3 is 2.42 bits per heavy atom. The summed E-state index contributed by atoms with van der Waals surface area (Å²) in [6.07, 6.45) is 3.36. The second-order valence-corrected chi connectivity index (χ2v) is 3.88. The first-order valence-electron chi connectivity index (χ1n) is 4.44. The maximum absolute atomic E-state index is 10.1. The lowest BCUT2D eigenvalue weighted by Gasteiger charge is -2.45. The number of rotatable bonds is 1. The van der Waals surface area contributed by atoms with E-state index in [1.54, 1.807) is 0 Å². The number of ether oxygens (including phenoxy) is 1. The topological polar surface area (TPSA) is 53.2 Å². The van der Waals surface area contributed by atoms with Crippen LogP contribution in [0.2, 0.25) is 0 Å². The van der Waals surface area contributed by atoms with Crippen molar-refractivity contribution in [2.45, 2.75) is 31.3 Å². The third-order valence-electron chi connectivity index (χ3n) is 3.31. The molecule has 1 aliphatic heterocycles. The molecule has 1 heterocycles. The van der Waals surface area contributed by atoms with Gasteiger partial charge < -0.3 is 9.84 Å². The summed E-state index contributed by atoms with van der Waals surface area (Å²) in [6.45, 7) is 0.945. The van der Waals surface area contributed by atoms with E-state index in [2.05, 4.69) is 6.07 Å². The third kappa shape index (κ3) is 0.825. The molecular formula is C9H13NO2. The van der Waals surface area contributed by atoms with E-state index in [9.17, 15) is 5.11 Å². The Bertz CT molecular complexity index is 221. The minimum atomic E-state index is -0.847. The van der Waals surface area contributed by atoms with Gasteiger partial charge >= 0.3 is 0 Å². The fourth-order valence-corrected chi connectivity index (χ4v) is 2.14. The highest BCUT2D eigenvalue weighted by Crippen LogP contribution is 2.51. The molecule has 0 spiro atoms. The van der Waals surface area contributed by atoms with Gasteiger partial charge in [-0.15, -0.1) is 0 Å². The van der Waals surface area contributed by atoms with Crippen LogP contribution in [0.1, 0.15) is 25.7 Å². The minimum Gasteiger partial charge on any atom is -0.386 e. The molecule has 1 atom stereocenters. The van der Waals surface area contributed by atoms with E-state index in [1.165, 1.54) is 0 Å². The Balaban J connectivity index is 2.21. The van der Waals surface area contributed by atoms with Gasteiger partial charge in [-0.2, -0.15) is 5.26 Å². The van der Waals surface area contributed by atoms with Gasteiger partial charge in [0.15, 0.2) is 0 Å². The highest BCUT2D eigenvalue weighted by molar-refractivity contribution is 5.16. The Labute approximate surface area is 71.9 Å². The zero-order chi connectivity index (χ0) is 8.66. The maximum atomic E-state index is 10.1. The molecule has 1 unspecified atom stereocenters. The molecule has 2 fully saturated rings. The molecule has 0 aromatic rings. The first-order valence-corrected chi connectivity index (χ1v) is 4.44. The minimum absolute atomic E-state index is 0.348. The lowest BCUT2D eigenvalue weighted by Crippen LogP contribution is -2.52. The molecule has 1 N–H and O–H groups in total. The van der Waals surface area contributed by atoms with Gasteiger partial charge in [0.1, 0.15) is 5.60 Å². The maximum Gasteiger partial charge on any atom is 0.109 e. The van der Waals surface area contributed by atoms with Crippen LogP contribution >= 0.6 is 0 Å². The van der Waals surface area contributed by atoms with Gasteiger partial charge in [0.2, 0.25) is 0 Å². The molecule has 1 aliphatic carbocycles. The Kier molecular flexibility index (Phi) is 1.64. The smallest absolute Gasteiger partial charge is 0.109 e. The van der Waals surface area contributed by atoms with E-state index >= 15 is 0 Å². The highest BCUT2D eigenvalue weighted by Gasteiger charge is 2.56. The summed E-state index contributed by atoms with van der Waals surface area (Å²) in [5.74, 6) is 0. The van der Waals surface area contributed by atoms with Gasteiger partial charge in [-0.25, -0.2) is 0 Å². The summed E-state index contributed by atoms with van der Waals surface area (Å²) in [5, 5.41) is 19.1. The predicted molar refractivity (Wildman–Crippen MR) is 42.3 cm³/mol. The van der Waals surface area contributed by atoms with E-state index in [0.717, 1.165) is 19.3 Å². The molecule has 0 radical (unpaired) electrons. The lowest BCUT2D eigenvalue weighted by molar-refractivity contribution is -0.0944. The molecule has 0 bridgehead atoms. The summed E-state index contributed by atoms with van der Waals surface area (Å²) in [7, 11) is 0. The van der Waals surface area contributed by atoms with Crippen molar-refractivity contribution in [3.8, 4) is 6.07 Å². The zero-order valence-corrected chi connectivity index (χ0v) is 7.05. The molecule has 3 heteroatoms. The summed E-state index contributed by atoms with van der Waals surface area (Å²) in [6, 6.07) is 2.27. The highest BCUT2D eigenvalue weighted by atomic mass is 16.5. The number of aliphatic hydroxyl groups is 1. The normalized spacial score (nSPS) is 38.7. The lowest BCUT2D eigenvalue weighted by atomic mass is 9.59. The van der Waals surface area contributed by atoms with Crippen LogP contribution in [0.5, 0.6) is 0 Å². The molecule has 0 aromatic heterocycles. The van der Waals surface area contributed by atoms with Gasteiger partial charge in [-0.3, -0.25) is 0 Å². The number of hydrogen-bond donors (Lipinski definition) is 1. The van der Waals surface area contributed by atoms with E-state index in [-0.39, 0.29) is 0 Å². The van der Waals surface area contributed by atoms with Crippen LogP contribution in [0, 0.1) is 16.7 Å². The van der Waals surface area contributed by atoms with E-state index in [0.29, 0.717) is 19.6 Å². The first-order chi connectivity index (χ1) is 5.72. The molecule has 2 aliphatic rings. The van der Waals surface area contributed by atoms with Crippen molar-refractivity contribution >= 4 is 0 Å². The monoisotopic (exact) mass is 167 g/mol. The van der Waals surface area contributed by atoms with Crippen molar-refractivity contribution in [1.82, 2.24) is 0 Å². The van der Waals surface area contributed by atoms with Crippen molar-refractivity contribution in [2.24, 2.45) is 5.41 Å². The molecule has 0 aromatic carbocycles. The van der Waals surface area contributed by atoms with Crippen LogP contribution in [0.3, 0.4) is 0 Å². The van der Waals surface area contributed by atoms with Crippen LogP contribution in [-0.4, -0.2) is 23.9 Å². The first kappa shape index (κ1) is 8.03. The summed E-state index contributed by atoms with van der Waals surface area (Å²) < 4.78 is 5.14. The molecule has 3 nitrogen and oxygen atoms in total. The van der Waals surface area contributed by atoms with Gasteiger partial charge in [-0.05, 0) is 12.8 Å². The fourth-order valence-electron chi connectivity index (χ4n) is 2.14. The van der Waals surface area contributed by atoms with Crippen molar-refractivity contribution < 1.29 is 9.84 Å². The summed E-state index contributed by atoms with van der Waals surface area (Å²) in [4.78, 5) is 0. The van der Waals surface area contributed by atoms with E-state index in [1.807, 2.05) is 0 Å². The zero-order valence-electron chi connectivity index (χ0n) is 7.05. The average molecular weight is 167 g/mol. The van der Waals surface area contributed by atoms with Crippen molar-refractivity contribution in [2.75, 3.05) is 13.2 Å². The molecule has 1 saturated carbocycles. The molecule has 66 valence electrons. The number of nitriles is 1. The van der Waals surface area contributed by atoms with Crippen molar-refractivity contribution in [3.05, 3.63) is 0 Å². The molecule has 12 heavy (non-hydrogen) atoms. The Morgan fingerprint density at radius 1 is 1.33 bits per heavy atom. The van der Waals surface area contributed by atoms with Gasteiger partial charge in [0.05, 0.1) is 18.1 Å². The summed E-state index contributed by atoms with van der Waals surface area (Å²) >= 11 is 0. The Hall–Kier alpha value is -0.590. The van der Waals surface area contributed by atoms with Crippen LogP contribution in [0.4, 0.5) is 0 Å². The molecule has 1 saturated heterocycles. The number of hydrogen-bond acceptors (Lipinski definition) is 3. The largest absolute Gasteiger partial charge is 0.386 e. The van der Waals surface area contributed by atoms with E-state index in [4.69, 9.17) is 10.00 Å². The van der Waals surface area contributed by atoms with Crippen LogP contribution < -0.4 is 0 Å². The van der Waals surface area contributed by atoms with Crippen LogP contribution in [0.15, 0.2) is 0 Å². The second-order valence-electron chi connectivity index (χ2n) is 3.88. The number of nitrogens with zero attached hydrogens (tertiary/aromatic N) is 1. The molecular weight excluding hydrogens is 154 g/mol. The third-order valence-corrected chi connectivity index (χ3v) is 3.31. The standard InChI is InChI=1S/C9H13NO2/c10-6-8(2-1-3-8)9(11)4-5-12-7-9/h11H,1-5,7H2. The average Bonchev–Trinajstić information content (AvgIpc) is 2.35. The van der Waals surface area contributed by atoms with Crippen LogP contribution in [0.25, 0.3) is 0 Å². The van der Waals surface area contributed by atoms with E-state index < -0.39 is 11.0 Å². The SMILES string of the molecule is N#CC1(C2(O)CCOC2)CCC1. The van der Waals surface area contributed by atoms with Gasteiger partial charge in [0, 0.05) is 13.0 Å². The van der Waals surface area contributed by atoms with Crippen molar-refractivity contribution in [1.29, 1.82) is 5.26 Å². The van der Waals surface area contributed by atoms with Crippen LogP contribution in [-0.2, 0) is 4.74 Å².